The summed E-state index contributed by atoms with van der Waals surface area (Å²) in [6, 6.07) is 70.0. The van der Waals surface area contributed by atoms with Crippen LogP contribution < -0.4 is 0 Å². The van der Waals surface area contributed by atoms with Gasteiger partial charge in [-0.3, -0.25) is 0 Å². The molecule has 0 N–H and O–H groups in total. The maximum Gasteiger partial charge on any atom is 0.0715 e. The van der Waals surface area contributed by atoms with Crippen molar-refractivity contribution < 1.29 is 0 Å². The average Bonchev–Trinajstić information content (AvgIpc) is 3.23. The normalized spacial score (nSPS) is 11.7. The van der Waals surface area contributed by atoms with E-state index in [1.165, 1.54) is 59.8 Å². The average molecular weight is 685 g/mol. The van der Waals surface area contributed by atoms with Crippen molar-refractivity contribution in [2.45, 2.75) is 0 Å². The molecule has 2 nitrogen and oxygen atoms in total. The number of rotatable bonds is 4. The summed E-state index contributed by atoms with van der Waals surface area (Å²) >= 11 is 0. The highest BCUT2D eigenvalue weighted by Crippen LogP contribution is 2.45. The van der Waals surface area contributed by atoms with Crippen molar-refractivity contribution in [1.82, 2.24) is 9.97 Å². The van der Waals surface area contributed by atoms with Crippen molar-refractivity contribution >= 4 is 64.9 Å². The first-order valence-electron chi connectivity index (χ1n) is 18.5. The first-order chi connectivity index (χ1) is 26.7. The number of hydrogen-bond acceptors (Lipinski definition) is 2. The number of nitrogens with zero attached hydrogens (tertiary/aromatic N) is 2. The Hall–Kier alpha value is -7.16. The monoisotopic (exact) mass is 684 g/mol. The van der Waals surface area contributed by atoms with Gasteiger partial charge in [0, 0.05) is 21.9 Å². The van der Waals surface area contributed by atoms with Crippen molar-refractivity contribution in [3.05, 3.63) is 194 Å². The van der Waals surface area contributed by atoms with E-state index in [2.05, 4.69) is 194 Å². The number of aromatic nitrogens is 2. The predicted octanol–water partition coefficient (Wildman–Crippen LogP) is 14.1. The van der Waals surface area contributed by atoms with Crippen LogP contribution in [0.4, 0.5) is 0 Å². The SMILES string of the molecule is c1ccc(-c2c3ccccc3c(-c3cc(-c4ccc5cc6ccccc6cc5n4)cc(-c4ccc5cc6ccccc6cc5n4)c3)c3ccccc23)cc1. The Morgan fingerprint density at radius 2 is 0.611 bits per heavy atom. The van der Waals surface area contributed by atoms with Crippen molar-refractivity contribution in [1.29, 1.82) is 0 Å². The summed E-state index contributed by atoms with van der Waals surface area (Å²) in [4.78, 5) is 10.6. The minimum atomic E-state index is 0.933. The Morgan fingerprint density at radius 1 is 0.241 bits per heavy atom. The molecule has 0 aliphatic rings. The van der Waals surface area contributed by atoms with Crippen LogP contribution in [0, 0.1) is 0 Å². The van der Waals surface area contributed by atoms with Gasteiger partial charge in [-0.2, -0.15) is 0 Å². The highest BCUT2D eigenvalue weighted by atomic mass is 14.7. The van der Waals surface area contributed by atoms with E-state index in [0.29, 0.717) is 0 Å². The van der Waals surface area contributed by atoms with Gasteiger partial charge in [-0.05, 0) is 120 Å². The first-order valence-corrected chi connectivity index (χ1v) is 18.5. The van der Waals surface area contributed by atoms with Crippen LogP contribution in [0.2, 0.25) is 0 Å². The van der Waals surface area contributed by atoms with E-state index in [9.17, 15) is 0 Å². The Kier molecular flexibility index (Phi) is 6.90. The summed E-state index contributed by atoms with van der Waals surface area (Å²) < 4.78 is 0. The van der Waals surface area contributed by atoms with Crippen LogP contribution in [-0.2, 0) is 0 Å². The summed E-state index contributed by atoms with van der Waals surface area (Å²) in [6.45, 7) is 0. The lowest BCUT2D eigenvalue weighted by molar-refractivity contribution is 1.38. The molecule has 0 saturated carbocycles. The van der Waals surface area contributed by atoms with Crippen molar-refractivity contribution in [2.75, 3.05) is 0 Å². The molecule has 0 aliphatic carbocycles. The standard InChI is InChI=1S/C52H32N2/c1-2-12-33(13-3-1)51-43-18-8-10-20-45(43)52(46-21-11-9-19-44(46)51)42-29-40(47-24-22-38-26-34-14-4-6-16-36(34)31-49(38)53-47)28-41(30-42)48-25-23-39-27-35-15-5-7-17-37(35)32-50(39)54-48/h1-32H. The molecule has 11 rings (SSSR count). The molecule has 54 heavy (non-hydrogen) atoms. The van der Waals surface area contributed by atoms with E-state index < -0.39 is 0 Å². The van der Waals surface area contributed by atoms with Gasteiger partial charge in [0.15, 0.2) is 0 Å². The van der Waals surface area contributed by atoms with E-state index in [1.807, 2.05) is 0 Å². The van der Waals surface area contributed by atoms with Crippen LogP contribution in [0.15, 0.2) is 194 Å². The van der Waals surface area contributed by atoms with Crippen LogP contribution in [0.5, 0.6) is 0 Å². The van der Waals surface area contributed by atoms with Crippen LogP contribution >= 0.6 is 0 Å². The molecule has 250 valence electrons. The molecule has 0 aliphatic heterocycles. The fourth-order valence-corrected chi connectivity index (χ4v) is 8.37. The van der Waals surface area contributed by atoms with Crippen molar-refractivity contribution in [2.24, 2.45) is 0 Å². The van der Waals surface area contributed by atoms with Gasteiger partial charge in [-0.15, -0.1) is 0 Å². The Balaban J connectivity index is 1.19. The Labute approximate surface area is 312 Å². The zero-order chi connectivity index (χ0) is 35.6. The van der Waals surface area contributed by atoms with Gasteiger partial charge < -0.3 is 0 Å². The lowest BCUT2D eigenvalue weighted by atomic mass is 9.85. The molecule has 2 aromatic heterocycles. The van der Waals surface area contributed by atoms with E-state index >= 15 is 0 Å². The maximum absolute atomic E-state index is 5.31. The molecule has 0 fully saturated rings. The summed E-state index contributed by atoms with van der Waals surface area (Å²) in [5, 5.41) is 12.0. The Morgan fingerprint density at radius 3 is 1.07 bits per heavy atom. The number of fused-ring (bicyclic) bond motifs is 6. The molecule has 2 heteroatoms. The van der Waals surface area contributed by atoms with E-state index in [0.717, 1.165) is 49.9 Å². The van der Waals surface area contributed by atoms with E-state index in [4.69, 9.17) is 9.97 Å². The molecule has 0 spiro atoms. The quantitative estimate of drug-likeness (QED) is 0.172. The molecular formula is C52H32N2. The smallest absolute Gasteiger partial charge is 0.0715 e. The lowest BCUT2D eigenvalue weighted by Crippen LogP contribution is -1.94. The summed E-state index contributed by atoms with van der Waals surface area (Å²) in [5.74, 6) is 0. The third-order valence-corrected chi connectivity index (χ3v) is 10.9. The van der Waals surface area contributed by atoms with Crippen LogP contribution in [0.25, 0.3) is 110 Å². The topological polar surface area (TPSA) is 25.8 Å². The number of pyridine rings is 2. The van der Waals surface area contributed by atoms with Crippen molar-refractivity contribution in [3.8, 4) is 44.8 Å². The summed E-state index contributed by atoms with van der Waals surface area (Å²) in [6.07, 6.45) is 0. The van der Waals surface area contributed by atoms with E-state index in [1.54, 1.807) is 0 Å². The van der Waals surface area contributed by atoms with Gasteiger partial charge in [0.05, 0.1) is 22.4 Å². The second-order valence-corrected chi connectivity index (χ2v) is 14.2. The molecular weight excluding hydrogens is 653 g/mol. The minimum absolute atomic E-state index is 0.933. The predicted molar refractivity (Wildman–Crippen MR) is 229 cm³/mol. The van der Waals surface area contributed by atoms with E-state index in [-0.39, 0.29) is 0 Å². The zero-order valence-electron chi connectivity index (χ0n) is 29.4. The molecule has 0 amide bonds. The molecule has 0 bridgehead atoms. The minimum Gasteiger partial charge on any atom is -0.248 e. The highest BCUT2D eigenvalue weighted by molar-refractivity contribution is 6.21. The number of benzene rings is 9. The summed E-state index contributed by atoms with van der Waals surface area (Å²) in [7, 11) is 0. The largest absolute Gasteiger partial charge is 0.248 e. The lowest BCUT2D eigenvalue weighted by Gasteiger charge is -2.19. The molecule has 0 radical (unpaired) electrons. The molecule has 11 aromatic rings. The van der Waals surface area contributed by atoms with Gasteiger partial charge >= 0.3 is 0 Å². The molecule has 0 atom stereocenters. The zero-order valence-corrected chi connectivity index (χ0v) is 29.4. The van der Waals surface area contributed by atoms with Crippen LogP contribution in [-0.4, -0.2) is 9.97 Å². The molecule has 2 heterocycles. The van der Waals surface area contributed by atoms with Gasteiger partial charge in [0.1, 0.15) is 0 Å². The van der Waals surface area contributed by atoms with Gasteiger partial charge in [-0.1, -0.05) is 140 Å². The highest BCUT2D eigenvalue weighted by Gasteiger charge is 2.19. The fraction of sp³-hybridized carbons (Fsp3) is 0. The van der Waals surface area contributed by atoms with Crippen LogP contribution in [0.3, 0.4) is 0 Å². The van der Waals surface area contributed by atoms with Crippen LogP contribution in [0.1, 0.15) is 0 Å². The molecule has 9 aromatic carbocycles. The maximum atomic E-state index is 5.31. The van der Waals surface area contributed by atoms with Gasteiger partial charge in [0.25, 0.3) is 0 Å². The second-order valence-electron chi connectivity index (χ2n) is 14.2. The summed E-state index contributed by atoms with van der Waals surface area (Å²) in [5.41, 5.74) is 10.8. The number of hydrogen-bond donors (Lipinski definition) is 0. The van der Waals surface area contributed by atoms with Crippen molar-refractivity contribution in [3.63, 3.8) is 0 Å². The second kappa shape index (κ2) is 12.2. The third kappa shape index (κ3) is 5.03. The first kappa shape index (κ1) is 30.5. The molecule has 0 unspecified atom stereocenters. The third-order valence-electron chi connectivity index (χ3n) is 10.9. The Bertz CT molecular complexity index is 3080. The fourth-order valence-electron chi connectivity index (χ4n) is 8.37. The van der Waals surface area contributed by atoms with Gasteiger partial charge in [-0.25, -0.2) is 9.97 Å². The molecule has 0 saturated heterocycles. The van der Waals surface area contributed by atoms with Gasteiger partial charge in [0.2, 0.25) is 0 Å².